The Morgan fingerprint density at radius 1 is 0.921 bits per heavy atom. The number of para-hydroxylation sites is 1. The van der Waals surface area contributed by atoms with Gasteiger partial charge in [-0.1, -0.05) is 30.3 Å². The number of aromatic nitrogens is 1. The number of carbonyl (C=O) groups excluding carboxylic acids is 1. The molecule has 2 heterocycles. The van der Waals surface area contributed by atoms with E-state index in [9.17, 15) is 19.8 Å². The number of aromatic carboxylic acids is 1. The minimum absolute atomic E-state index is 0.0927. The lowest BCUT2D eigenvalue weighted by molar-refractivity contribution is -0.117. The number of aromatic hydroxyl groups is 1. The number of hydrazone groups is 1. The Balaban J connectivity index is 1.52. The van der Waals surface area contributed by atoms with Crippen LogP contribution in [0.3, 0.4) is 0 Å². The molecule has 4 aromatic rings. The molecule has 1 unspecified atom stereocenters. The van der Waals surface area contributed by atoms with Gasteiger partial charge in [-0.3, -0.25) is 9.78 Å². The third kappa shape index (κ3) is 4.64. The topological polar surface area (TPSA) is 128 Å². The number of carbonyl (C=O) groups is 2. The maximum absolute atomic E-state index is 13.5. The van der Waals surface area contributed by atoms with Crippen LogP contribution < -0.4 is 5.01 Å². The molecule has 1 amide bonds. The summed E-state index contributed by atoms with van der Waals surface area (Å²) in [6, 6.07) is 19.2. The minimum atomic E-state index is -1.07. The van der Waals surface area contributed by atoms with Crippen molar-refractivity contribution in [1.82, 2.24) is 4.98 Å². The number of nitrogens with zero attached hydrogens (tertiary/aromatic N) is 5. The molecular formula is C29H23N5O4. The number of benzene rings is 3. The van der Waals surface area contributed by atoms with E-state index < -0.39 is 12.0 Å². The Kier molecular flexibility index (Phi) is 6.49. The fraction of sp³-hybridized carbons (Fsp3) is 0.103. The quantitative estimate of drug-likeness (QED) is 0.326. The van der Waals surface area contributed by atoms with E-state index in [1.807, 2.05) is 32.0 Å². The van der Waals surface area contributed by atoms with E-state index in [0.717, 1.165) is 11.1 Å². The van der Waals surface area contributed by atoms with E-state index >= 15 is 0 Å². The first-order chi connectivity index (χ1) is 18.3. The van der Waals surface area contributed by atoms with Crippen LogP contribution in [-0.4, -0.2) is 38.8 Å². The smallest absolute Gasteiger partial charge is 0.335 e. The zero-order chi connectivity index (χ0) is 26.8. The summed E-state index contributed by atoms with van der Waals surface area (Å²) in [5, 5.41) is 34.7. The summed E-state index contributed by atoms with van der Waals surface area (Å²) < 4.78 is 0. The second-order valence-corrected chi connectivity index (χ2v) is 8.82. The van der Waals surface area contributed by atoms with Crippen LogP contribution in [0.5, 0.6) is 5.75 Å². The molecule has 0 saturated carbocycles. The van der Waals surface area contributed by atoms with Gasteiger partial charge in [0, 0.05) is 23.5 Å². The number of phenols is 1. The predicted molar refractivity (Wildman–Crippen MR) is 143 cm³/mol. The van der Waals surface area contributed by atoms with Gasteiger partial charge in [0.15, 0.2) is 11.8 Å². The number of phenolic OH excluding ortho intramolecular Hbond substituents is 1. The van der Waals surface area contributed by atoms with Crippen LogP contribution in [-0.2, 0) is 4.79 Å². The highest BCUT2D eigenvalue weighted by Gasteiger charge is 2.38. The molecule has 188 valence electrons. The van der Waals surface area contributed by atoms with Gasteiger partial charge in [0.05, 0.1) is 11.3 Å². The second kappa shape index (κ2) is 10.1. The van der Waals surface area contributed by atoms with Crippen molar-refractivity contribution < 1.29 is 19.8 Å². The summed E-state index contributed by atoms with van der Waals surface area (Å²) in [5.74, 6) is -1.63. The molecule has 0 aliphatic carbocycles. The number of pyridine rings is 1. The Morgan fingerprint density at radius 3 is 2.42 bits per heavy atom. The lowest BCUT2D eigenvalue weighted by atomic mass is 10.0. The van der Waals surface area contributed by atoms with Crippen LogP contribution in [0.25, 0.3) is 11.1 Å². The maximum Gasteiger partial charge on any atom is 0.335 e. The van der Waals surface area contributed by atoms with Crippen LogP contribution in [0.15, 0.2) is 101 Å². The van der Waals surface area contributed by atoms with E-state index in [-0.39, 0.29) is 22.9 Å². The predicted octanol–water partition coefficient (Wildman–Crippen LogP) is 5.67. The Morgan fingerprint density at radius 2 is 1.68 bits per heavy atom. The lowest BCUT2D eigenvalue weighted by Gasteiger charge is -2.14. The van der Waals surface area contributed by atoms with Gasteiger partial charge in [-0.2, -0.15) is 20.3 Å². The molecule has 1 atom stereocenters. The van der Waals surface area contributed by atoms with Crippen LogP contribution in [0.4, 0.5) is 11.4 Å². The van der Waals surface area contributed by atoms with Gasteiger partial charge in [0.1, 0.15) is 11.4 Å². The number of hydrogen-bond donors (Lipinski definition) is 2. The average Bonchev–Trinajstić information content (AvgIpc) is 3.26. The van der Waals surface area contributed by atoms with Crippen molar-refractivity contribution in [2.45, 2.75) is 19.9 Å². The Hall–Kier alpha value is -5.18. The summed E-state index contributed by atoms with van der Waals surface area (Å²) >= 11 is 0. The van der Waals surface area contributed by atoms with Gasteiger partial charge in [0.2, 0.25) is 0 Å². The van der Waals surface area contributed by atoms with Crippen molar-refractivity contribution in [3.05, 3.63) is 107 Å². The minimum Gasteiger partial charge on any atom is -0.505 e. The number of amides is 1. The van der Waals surface area contributed by atoms with E-state index in [1.165, 1.54) is 17.1 Å². The first-order valence-electron chi connectivity index (χ1n) is 11.8. The maximum atomic E-state index is 13.5. The fourth-order valence-electron chi connectivity index (χ4n) is 4.11. The van der Waals surface area contributed by atoms with E-state index in [4.69, 9.17) is 0 Å². The highest BCUT2D eigenvalue weighted by atomic mass is 16.4. The monoisotopic (exact) mass is 505 g/mol. The largest absolute Gasteiger partial charge is 0.505 e. The molecule has 1 aliphatic rings. The number of rotatable bonds is 6. The summed E-state index contributed by atoms with van der Waals surface area (Å²) in [6.07, 6.45) is 3.21. The van der Waals surface area contributed by atoms with Gasteiger partial charge in [0.25, 0.3) is 5.91 Å². The molecule has 0 saturated heterocycles. The molecule has 0 fully saturated rings. The van der Waals surface area contributed by atoms with E-state index in [0.29, 0.717) is 28.1 Å². The van der Waals surface area contributed by atoms with Gasteiger partial charge >= 0.3 is 5.97 Å². The van der Waals surface area contributed by atoms with Crippen molar-refractivity contribution in [2.24, 2.45) is 15.3 Å². The van der Waals surface area contributed by atoms with Crippen molar-refractivity contribution in [1.29, 1.82) is 0 Å². The molecule has 0 radical (unpaired) electrons. The van der Waals surface area contributed by atoms with Crippen molar-refractivity contribution in [2.75, 3.05) is 5.01 Å². The summed E-state index contributed by atoms with van der Waals surface area (Å²) in [6.45, 7) is 3.96. The van der Waals surface area contributed by atoms with Crippen LogP contribution in [0.2, 0.25) is 0 Å². The van der Waals surface area contributed by atoms with Crippen molar-refractivity contribution in [3.8, 4) is 16.9 Å². The highest BCUT2D eigenvalue weighted by molar-refractivity contribution is 6.24. The number of carboxylic acids is 1. The normalized spacial score (nSPS) is 15.2. The van der Waals surface area contributed by atoms with Crippen molar-refractivity contribution >= 4 is 29.0 Å². The molecule has 1 aliphatic heterocycles. The number of hydrogen-bond acceptors (Lipinski definition) is 7. The number of carboxylic acid groups (broad SMARTS) is 1. The lowest BCUT2D eigenvalue weighted by Crippen LogP contribution is -2.30. The highest BCUT2D eigenvalue weighted by Crippen LogP contribution is 2.38. The third-order valence-electron chi connectivity index (χ3n) is 6.34. The van der Waals surface area contributed by atoms with E-state index in [2.05, 4.69) is 20.3 Å². The fourth-order valence-corrected chi connectivity index (χ4v) is 4.11. The zero-order valence-electron chi connectivity index (χ0n) is 20.6. The molecule has 9 nitrogen and oxygen atoms in total. The van der Waals surface area contributed by atoms with Gasteiger partial charge < -0.3 is 10.2 Å². The summed E-state index contributed by atoms with van der Waals surface area (Å²) in [4.78, 5) is 28.9. The molecule has 5 rings (SSSR count). The number of aryl methyl sites for hydroxylation is 2. The van der Waals surface area contributed by atoms with E-state index in [1.54, 1.807) is 54.9 Å². The molecule has 0 spiro atoms. The molecule has 3 aromatic carbocycles. The molecule has 2 N–H and O–H groups in total. The van der Waals surface area contributed by atoms with Gasteiger partial charge in [-0.05, 0) is 73.0 Å². The first kappa shape index (κ1) is 24.5. The first-order valence-corrected chi connectivity index (χ1v) is 11.8. The van der Waals surface area contributed by atoms with Gasteiger partial charge in [-0.15, -0.1) is 0 Å². The standard InChI is InChI=1S/C29H23N5O4/c1-17-9-10-22(15-18(17)2)34-28(36)26(25(33-34)19-11-13-30-14-12-19)32-31-24-8-4-7-23(27(24)35)20-5-3-6-21(16-20)29(37)38/h3-16,26,35H,1-2H3,(H,37,38). The summed E-state index contributed by atoms with van der Waals surface area (Å²) in [7, 11) is 0. The molecule has 1 aromatic heterocycles. The Bertz CT molecular complexity index is 1610. The number of anilines is 1. The average molecular weight is 506 g/mol. The number of azo groups is 1. The zero-order valence-corrected chi connectivity index (χ0v) is 20.6. The molecular weight excluding hydrogens is 482 g/mol. The van der Waals surface area contributed by atoms with Crippen molar-refractivity contribution in [3.63, 3.8) is 0 Å². The molecule has 9 heteroatoms. The van der Waals surface area contributed by atoms with Gasteiger partial charge in [-0.25, -0.2) is 4.79 Å². The van der Waals surface area contributed by atoms with Crippen LogP contribution >= 0.6 is 0 Å². The SMILES string of the molecule is Cc1ccc(N2N=C(c3ccncc3)C(N=Nc3cccc(-c4cccc(C(=O)O)c4)c3O)C2=O)cc1C. The van der Waals surface area contributed by atoms with Crippen LogP contribution in [0, 0.1) is 13.8 Å². The Labute approximate surface area is 218 Å². The summed E-state index contributed by atoms with van der Waals surface area (Å²) in [5.41, 5.74) is 4.94. The second-order valence-electron chi connectivity index (χ2n) is 8.82. The third-order valence-corrected chi connectivity index (χ3v) is 6.34. The molecule has 0 bridgehead atoms. The molecule has 38 heavy (non-hydrogen) atoms. The van der Waals surface area contributed by atoms with Crippen LogP contribution in [0.1, 0.15) is 27.0 Å².